The molecule has 5 aliphatic carbocycles. The Bertz CT molecular complexity index is 1460. The third-order valence-electron chi connectivity index (χ3n) is 16.0. The number of Topliss-reactive ketones (excluding diaryl/α,β-unsaturated/α-hetero) is 1. The van der Waals surface area contributed by atoms with Crippen molar-refractivity contribution in [3.8, 4) is 0 Å². The number of carboxylic acids is 1. The molecule has 2 amide bonds. The molecule has 1 aliphatic heterocycles. The Kier molecular flexibility index (Phi) is 9.21. The second-order valence-corrected chi connectivity index (χ2v) is 19.7. The number of piperidine rings is 1. The van der Waals surface area contributed by atoms with Gasteiger partial charge in [-0.15, -0.1) is 0 Å². The quantitative estimate of drug-likeness (QED) is 0.249. The van der Waals surface area contributed by atoms with Gasteiger partial charge in [0.15, 0.2) is 5.78 Å². The van der Waals surface area contributed by atoms with E-state index >= 15 is 0 Å². The van der Waals surface area contributed by atoms with E-state index in [1.54, 1.807) is 13.8 Å². The minimum Gasteiger partial charge on any atom is -0.481 e. The summed E-state index contributed by atoms with van der Waals surface area (Å²) >= 11 is 0. The van der Waals surface area contributed by atoms with Gasteiger partial charge in [0.1, 0.15) is 6.10 Å². The fraction of sp³-hybridized carbons (Fsp3) is 0.854. The summed E-state index contributed by atoms with van der Waals surface area (Å²) in [6, 6.07) is 0.0957. The third kappa shape index (κ3) is 5.57. The van der Waals surface area contributed by atoms with Gasteiger partial charge in [-0.1, -0.05) is 48.5 Å². The van der Waals surface area contributed by atoms with Crippen LogP contribution in [0, 0.1) is 50.7 Å². The molecule has 4 unspecified atom stereocenters. The van der Waals surface area contributed by atoms with Crippen molar-refractivity contribution in [3.63, 3.8) is 0 Å². The van der Waals surface area contributed by atoms with Gasteiger partial charge in [-0.05, 0) is 129 Å². The molecule has 9 heteroatoms. The Morgan fingerprint density at radius 1 is 0.920 bits per heavy atom. The molecule has 9 nitrogen and oxygen atoms in total. The van der Waals surface area contributed by atoms with Crippen LogP contribution in [-0.2, 0) is 19.1 Å². The van der Waals surface area contributed by atoms with Crippen molar-refractivity contribution in [1.29, 1.82) is 0 Å². The second kappa shape index (κ2) is 12.3. The average molecular weight is 696 g/mol. The van der Waals surface area contributed by atoms with Gasteiger partial charge in [0, 0.05) is 31.0 Å². The number of amides is 2. The van der Waals surface area contributed by atoms with Gasteiger partial charge in [-0.3, -0.25) is 14.4 Å². The van der Waals surface area contributed by atoms with E-state index in [0.717, 1.165) is 69.8 Å². The number of hydrogen-bond acceptors (Lipinski definition) is 6. The SMILES string of the molecule is CC(C)C1=C2C3CCC4[C@@]5(C)CC[C@H](OC(=O)CC(C)(C)C(=O)O)C(C)(C)C5CC[C@@]4(C)[C@]3(C)CCC2(NC(=O)N2CCC(N)CC2)CC1=O. The van der Waals surface area contributed by atoms with Crippen LogP contribution in [0.3, 0.4) is 0 Å². The molecular formula is C41H65N3O6. The van der Waals surface area contributed by atoms with Crippen LogP contribution in [0.4, 0.5) is 4.79 Å². The zero-order valence-corrected chi connectivity index (χ0v) is 32.4. The van der Waals surface area contributed by atoms with E-state index in [-0.39, 0.29) is 63.9 Å². The molecule has 0 aromatic carbocycles. The number of esters is 1. The van der Waals surface area contributed by atoms with Gasteiger partial charge in [0.25, 0.3) is 0 Å². The zero-order valence-electron chi connectivity index (χ0n) is 32.4. The van der Waals surface area contributed by atoms with Crippen LogP contribution in [0.5, 0.6) is 0 Å². The Balaban J connectivity index is 1.28. The Morgan fingerprint density at radius 2 is 1.58 bits per heavy atom. The molecule has 5 fully saturated rings. The monoisotopic (exact) mass is 695 g/mol. The second-order valence-electron chi connectivity index (χ2n) is 19.7. The molecule has 4 N–H and O–H groups in total. The maximum absolute atomic E-state index is 14.0. The topological polar surface area (TPSA) is 139 Å². The lowest BCUT2D eigenvalue weighted by Crippen LogP contribution is -2.67. The number of nitrogens with one attached hydrogen (secondary N) is 1. The number of carbonyl (C=O) groups excluding carboxylic acids is 3. The normalized spacial score (nSPS) is 40.1. The van der Waals surface area contributed by atoms with Crippen molar-refractivity contribution in [3.05, 3.63) is 11.1 Å². The van der Waals surface area contributed by atoms with Crippen molar-refractivity contribution >= 4 is 23.8 Å². The maximum Gasteiger partial charge on any atom is 0.318 e. The van der Waals surface area contributed by atoms with Crippen molar-refractivity contribution in [2.75, 3.05) is 13.1 Å². The van der Waals surface area contributed by atoms with Crippen LogP contribution < -0.4 is 11.1 Å². The van der Waals surface area contributed by atoms with E-state index in [9.17, 15) is 24.3 Å². The van der Waals surface area contributed by atoms with E-state index in [1.807, 2.05) is 4.90 Å². The molecule has 1 heterocycles. The summed E-state index contributed by atoms with van der Waals surface area (Å²) in [6.07, 6.45) is 9.33. The standard InChI is InChI=1S/C41H65N3O6/c1-24(2)32-27(45)22-41(43-35(49)44-20-14-25(42)15-21-44)19-18-39(8)26(33(32)41)10-11-29-38(7)16-13-30(50-31(46)23-36(3,4)34(47)48)37(5,6)28(38)12-17-40(29,39)9/h24-26,28-30H,10-23,42H2,1-9H3,(H,43,49)(H,47,48)/t26?,28?,29?,30-,38-,39+,40+,41?/m0/s1. The minimum absolute atomic E-state index is 0.0218. The molecule has 6 aliphatic rings. The van der Waals surface area contributed by atoms with Gasteiger partial charge >= 0.3 is 18.0 Å². The molecule has 50 heavy (non-hydrogen) atoms. The summed E-state index contributed by atoms with van der Waals surface area (Å²) in [7, 11) is 0. The smallest absolute Gasteiger partial charge is 0.318 e. The fourth-order valence-electron chi connectivity index (χ4n) is 13.0. The summed E-state index contributed by atoms with van der Waals surface area (Å²) in [6.45, 7) is 20.9. The fourth-order valence-corrected chi connectivity index (χ4v) is 13.0. The number of carbonyl (C=O) groups is 4. The van der Waals surface area contributed by atoms with Crippen LogP contribution in [0.1, 0.15) is 139 Å². The maximum atomic E-state index is 14.0. The van der Waals surface area contributed by atoms with E-state index in [2.05, 4.69) is 53.8 Å². The number of ketones is 1. The van der Waals surface area contributed by atoms with Crippen molar-refractivity contribution in [1.82, 2.24) is 10.2 Å². The number of fused-ring (bicyclic) bond motifs is 7. The van der Waals surface area contributed by atoms with Crippen molar-refractivity contribution in [2.45, 2.75) is 157 Å². The highest BCUT2D eigenvalue weighted by Gasteiger charge is 2.70. The van der Waals surface area contributed by atoms with Crippen molar-refractivity contribution in [2.24, 2.45) is 56.5 Å². The van der Waals surface area contributed by atoms with Gasteiger partial charge in [0.2, 0.25) is 0 Å². The number of urea groups is 1. The first-order valence-electron chi connectivity index (χ1n) is 19.7. The molecule has 6 rings (SSSR count). The Labute approximate surface area is 300 Å². The lowest BCUT2D eigenvalue weighted by Gasteiger charge is -2.72. The summed E-state index contributed by atoms with van der Waals surface area (Å²) < 4.78 is 6.15. The van der Waals surface area contributed by atoms with Gasteiger partial charge in [-0.25, -0.2) is 4.79 Å². The first kappa shape index (κ1) is 37.3. The summed E-state index contributed by atoms with van der Waals surface area (Å²) in [5, 5.41) is 13.1. The molecule has 0 radical (unpaired) electrons. The summed E-state index contributed by atoms with van der Waals surface area (Å²) in [4.78, 5) is 54.5. The van der Waals surface area contributed by atoms with Crippen LogP contribution in [0.15, 0.2) is 11.1 Å². The van der Waals surface area contributed by atoms with Gasteiger partial charge in [-0.2, -0.15) is 0 Å². The first-order chi connectivity index (χ1) is 23.1. The van der Waals surface area contributed by atoms with E-state index in [4.69, 9.17) is 10.5 Å². The molecule has 280 valence electrons. The number of hydrogen-bond donors (Lipinski definition) is 3. The number of ether oxygens (including phenoxy) is 1. The third-order valence-corrected chi connectivity index (χ3v) is 16.0. The number of likely N-dealkylation sites (tertiary alicyclic amines) is 1. The average Bonchev–Trinajstić information content (AvgIpc) is 3.30. The van der Waals surface area contributed by atoms with Gasteiger partial charge < -0.3 is 25.8 Å². The lowest BCUT2D eigenvalue weighted by atomic mass is 9.33. The summed E-state index contributed by atoms with van der Waals surface area (Å²) in [5.41, 5.74) is 6.45. The molecule has 0 spiro atoms. The highest BCUT2D eigenvalue weighted by atomic mass is 16.5. The largest absolute Gasteiger partial charge is 0.481 e. The zero-order chi connectivity index (χ0) is 36.8. The number of nitrogens with two attached hydrogens (primary N) is 1. The summed E-state index contributed by atoms with van der Waals surface area (Å²) in [5.74, 6) is -0.0144. The molecule has 8 atom stereocenters. The number of allylic oxidation sites excluding steroid dienone is 1. The molecule has 0 aromatic heterocycles. The van der Waals surface area contributed by atoms with Gasteiger partial charge in [0.05, 0.1) is 17.4 Å². The van der Waals surface area contributed by atoms with Crippen LogP contribution >= 0.6 is 0 Å². The first-order valence-corrected chi connectivity index (χ1v) is 19.7. The van der Waals surface area contributed by atoms with Crippen LogP contribution in [0.2, 0.25) is 0 Å². The molecule has 0 bridgehead atoms. The van der Waals surface area contributed by atoms with Crippen LogP contribution in [0.25, 0.3) is 0 Å². The number of rotatable bonds is 6. The number of carboxylic acid groups (broad SMARTS) is 1. The van der Waals surface area contributed by atoms with E-state index in [1.165, 1.54) is 5.57 Å². The molecule has 4 saturated carbocycles. The minimum atomic E-state index is -1.16. The highest BCUT2D eigenvalue weighted by molar-refractivity contribution is 6.02. The van der Waals surface area contributed by atoms with Crippen molar-refractivity contribution < 1.29 is 29.0 Å². The van der Waals surface area contributed by atoms with E-state index < -0.39 is 22.9 Å². The molecular weight excluding hydrogens is 630 g/mol. The number of nitrogens with zero attached hydrogens (tertiary/aromatic N) is 1. The predicted molar refractivity (Wildman–Crippen MR) is 193 cm³/mol. The Hall–Kier alpha value is -2.42. The predicted octanol–water partition coefficient (Wildman–Crippen LogP) is 7.26. The van der Waals surface area contributed by atoms with E-state index in [0.29, 0.717) is 31.3 Å². The molecule has 0 aromatic rings. The highest BCUT2D eigenvalue weighted by Crippen LogP contribution is 2.76. The lowest BCUT2D eigenvalue weighted by molar-refractivity contribution is -0.232. The number of aliphatic carboxylic acids is 1. The molecule has 1 saturated heterocycles. The van der Waals surface area contributed by atoms with Crippen LogP contribution in [-0.4, -0.2) is 64.5 Å². The Morgan fingerprint density at radius 3 is 2.20 bits per heavy atom.